The third-order valence-corrected chi connectivity index (χ3v) is 1.59. The van der Waals surface area contributed by atoms with Gasteiger partial charge in [-0.25, -0.2) is 5.48 Å². The van der Waals surface area contributed by atoms with E-state index in [9.17, 15) is 0 Å². The van der Waals surface area contributed by atoms with Gasteiger partial charge in [0, 0.05) is 13.7 Å². The molecular weight excluding hydrogens is 154 g/mol. The Morgan fingerprint density at radius 2 is 2.17 bits per heavy atom. The molecule has 0 unspecified atom stereocenters. The largest absolute Gasteiger partial charge is 0.380 e. The molecule has 0 bridgehead atoms. The van der Waals surface area contributed by atoms with Crippen molar-refractivity contribution in [3.8, 4) is 0 Å². The predicted molar refractivity (Wildman–Crippen MR) is 45.8 cm³/mol. The molecule has 2 N–H and O–H groups in total. The Morgan fingerprint density at radius 1 is 1.42 bits per heavy atom. The predicted octanol–water partition coefficient (Wildman–Crippen LogP) is 1.31. The van der Waals surface area contributed by atoms with E-state index in [-0.39, 0.29) is 0 Å². The van der Waals surface area contributed by atoms with Crippen LogP contribution in [0.4, 0.5) is 0 Å². The maximum Gasteiger partial charge on any atom is 0.0713 e. The highest BCUT2D eigenvalue weighted by Crippen LogP contribution is 2.05. The lowest BCUT2D eigenvalue weighted by atomic mass is 10.1. The van der Waals surface area contributed by atoms with Crippen LogP contribution in [0.1, 0.15) is 11.1 Å². The molecule has 0 aromatic heterocycles. The normalized spacial score (nSPS) is 10.2. The number of methoxy groups -OCH3 is 1. The summed E-state index contributed by atoms with van der Waals surface area (Å²) in [7, 11) is 1.66. The first kappa shape index (κ1) is 9.19. The summed E-state index contributed by atoms with van der Waals surface area (Å²) in [5.74, 6) is 0. The van der Waals surface area contributed by atoms with Crippen LogP contribution in [0, 0.1) is 0 Å². The summed E-state index contributed by atoms with van der Waals surface area (Å²) in [6.07, 6.45) is 0. The number of benzene rings is 1. The summed E-state index contributed by atoms with van der Waals surface area (Å²) >= 11 is 0. The molecule has 0 radical (unpaired) electrons. The molecule has 0 heterocycles. The van der Waals surface area contributed by atoms with E-state index < -0.39 is 0 Å². The van der Waals surface area contributed by atoms with Crippen LogP contribution in [0.15, 0.2) is 24.3 Å². The zero-order valence-corrected chi connectivity index (χ0v) is 7.08. The van der Waals surface area contributed by atoms with Gasteiger partial charge >= 0.3 is 0 Å². The van der Waals surface area contributed by atoms with E-state index >= 15 is 0 Å². The van der Waals surface area contributed by atoms with Crippen molar-refractivity contribution in [3.05, 3.63) is 35.4 Å². The van der Waals surface area contributed by atoms with Crippen LogP contribution in [0.2, 0.25) is 0 Å². The Balaban J connectivity index is 2.67. The quantitative estimate of drug-likeness (QED) is 0.664. The highest BCUT2D eigenvalue weighted by molar-refractivity contribution is 5.22. The SMILES string of the molecule is COCc1cccc(CNO)c1. The van der Waals surface area contributed by atoms with Gasteiger partial charge in [0.05, 0.1) is 6.61 Å². The van der Waals surface area contributed by atoms with E-state index in [0.29, 0.717) is 13.2 Å². The number of hydrogen-bond acceptors (Lipinski definition) is 3. The van der Waals surface area contributed by atoms with Crippen molar-refractivity contribution in [2.45, 2.75) is 13.2 Å². The van der Waals surface area contributed by atoms with Crippen LogP contribution in [0.25, 0.3) is 0 Å². The summed E-state index contributed by atoms with van der Waals surface area (Å²) < 4.78 is 4.98. The molecule has 0 aliphatic rings. The monoisotopic (exact) mass is 167 g/mol. The third-order valence-electron chi connectivity index (χ3n) is 1.59. The molecule has 0 saturated carbocycles. The van der Waals surface area contributed by atoms with Gasteiger partial charge in [-0.1, -0.05) is 24.3 Å². The van der Waals surface area contributed by atoms with Crippen molar-refractivity contribution in [1.29, 1.82) is 0 Å². The lowest BCUT2D eigenvalue weighted by Crippen LogP contribution is -2.06. The third kappa shape index (κ3) is 2.62. The van der Waals surface area contributed by atoms with Gasteiger partial charge in [-0.05, 0) is 11.1 Å². The smallest absolute Gasteiger partial charge is 0.0713 e. The van der Waals surface area contributed by atoms with Crippen LogP contribution in [-0.4, -0.2) is 12.3 Å². The zero-order valence-electron chi connectivity index (χ0n) is 7.08. The maximum atomic E-state index is 8.46. The van der Waals surface area contributed by atoms with Gasteiger partial charge in [-0.2, -0.15) is 0 Å². The maximum absolute atomic E-state index is 8.46. The van der Waals surface area contributed by atoms with E-state index in [4.69, 9.17) is 9.94 Å². The molecule has 1 aromatic rings. The fraction of sp³-hybridized carbons (Fsp3) is 0.333. The number of ether oxygens (including phenoxy) is 1. The van der Waals surface area contributed by atoms with Crippen molar-refractivity contribution < 1.29 is 9.94 Å². The van der Waals surface area contributed by atoms with Crippen LogP contribution in [0.5, 0.6) is 0 Å². The van der Waals surface area contributed by atoms with Crippen LogP contribution >= 0.6 is 0 Å². The van der Waals surface area contributed by atoms with Gasteiger partial charge < -0.3 is 9.94 Å². The Labute approximate surface area is 71.9 Å². The van der Waals surface area contributed by atoms with Gasteiger partial charge in [0.2, 0.25) is 0 Å². The Kier molecular flexibility index (Phi) is 3.73. The second-order valence-corrected chi connectivity index (χ2v) is 2.59. The topological polar surface area (TPSA) is 41.5 Å². The van der Waals surface area contributed by atoms with E-state index in [1.807, 2.05) is 24.3 Å². The highest BCUT2D eigenvalue weighted by Gasteiger charge is 1.94. The minimum Gasteiger partial charge on any atom is -0.380 e. The highest BCUT2D eigenvalue weighted by atomic mass is 16.5. The summed E-state index contributed by atoms with van der Waals surface area (Å²) in [6, 6.07) is 7.88. The van der Waals surface area contributed by atoms with Crippen molar-refractivity contribution in [2.24, 2.45) is 0 Å². The van der Waals surface area contributed by atoms with Crippen molar-refractivity contribution in [3.63, 3.8) is 0 Å². The minimum atomic E-state index is 0.470. The Bertz CT molecular complexity index is 216. The molecule has 0 aliphatic heterocycles. The van der Waals surface area contributed by atoms with E-state index in [1.54, 1.807) is 7.11 Å². The summed E-state index contributed by atoms with van der Waals surface area (Å²) in [6.45, 7) is 1.08. The molecule has 0 atom stereocenters. The second-order valence-electron chi connectivity index (χ2n) is 2.59. The van der Waals surface area contributed by atoms with Crippen LogP contribution in [0.3, 0.4) is 0 Å². The van der Waals surface area contributed by atoms with Gasteiger partial charge in [-0.15, -0.1) is 0 Å². The van der Waals surface area contributed by atoms with Gasteiger partial charge in [-0.3, -0.25) is 0 Å². The van der Waals surface area contributed by atoms with Crippen molar-refractivity contribution in [1.82, 2.24) is 5.48 Å². The van der Waals surface area contributed by atoms with E-state index in [2.05, 4.69) is 5.48 Å². The summed E-state index contributed by atoms with van der Waals surface area (Å²) in [4.78, 5) is 0. The second kappa shape index (κ2) is 4.87. The number of rotatable bonds is 4. The number of nitrogens with one attached hydrogen (secondary N) is 1. The average molecular weight is 167 g/mol. The van der Waals surface area contributed by atoms with Crippen LogP contribution < -0.4 is 5.48 Å². The molecule has 0 aliphatic carbocycles. The van der Waals surface area contributed by atoms with E-state index in [1.165, 1.54) is 0 Å². The van der Waals surface area contributed by atoms with Gasteiger partial charge in [0.25, 0.3) is 0 Å². The molecule has 12 heavy (non-hydrogen) atoms. The molecule has 0 fully saturated rings. The first-order valence-electron chi connectivity index (χ1n) is 3.80. The fourth-order valence-electron chi connectivity index (χ4n) is 1.09. The van der Waals surface area contributed by atoms with Crippen molar-refractivity contribution >= 4 is 0 Å². The van der Waals surface area contributed by atoms with E-state index in [0.717, 1.165) is 11.1 Å². The summed E-state index contributed by atoms with van der Waals surface area (Å²) in [5, 5.41) is 8.46. The standard InChI is InChI=1S/C9H13NO2/c1-12-7-9-4-2-3-8(5-9)6-10-11/h2-5,10-11H,6-7H2,1H3. The minimum absolute atomic E-state index is 0.470. The van der Waals surface area contributed by atoms with Gasteiger partial charge in [0.1, 0.15) is 0 Å². The Morgan fingerprint density at radius 3 is 2.83 bits per heavy atom. The molecule has 1 aromatic carbocycles. The van der Waals surface area contributed by atoms with Gasteiger partial charge in [0.15, 0.2) is 0 Å². The zero-order chi connectivity index (χ0) is 8.81. The molecule has 3 heteroatoms. The lowest BCUT2D eigenvalue weighted by Gasteiger charge is -2.02. The molecule has 0 amide bonds. The summed E-state index contributed by atoms with van der Waals surface area (Å²) in [5.41, 5.74) is 4.28. The molecule has 0 spiro atoms. The van der Waals surface area contributed by atoms with Crippen LogP contribution in [-0.2, 0) is 17.9 Å². The molecular formula is C9H13NO2. The molecule has 0 saturated heterocycles. The molecule has 66 valence electrons. The van der Waals surface area contributed by atoms with Crippen molar-refractivity contribution in [2.75, 3.05) is 7.11 Å². The average Bonchev–Trinajstić information content (AvgIpc) is 2.06. The number of hydroxylamine groups is 1. The fourth-order valence-corrected chi connectivity index (χ4v) is 1.09. The Hall–Kier alpha value is -0.900. The first-order chi connectivity index (χ1) is 5.86. The number of hydrogen-bond donors (Lipinski definition) is 2. The molecule has 3 nitrogen and oxygen atoms in total. The lowest BCUT2D eigenvalue weighted by molar-refractivity contribution is 0.161. The first-order valence-corrected chi connectivity index (χ1v) is 3.80. The molecule has 1 rings (SSSR count).